The molecule has 0 bridgehead atoms. The molecule has 39 heavy (non-hydrogen) atoms. The number of nitrogens with one attached hydrogen (secondary N) is 1. The van der Waals surface area contributed by atoms with Crippen LogP contribution in [0.1, 0.15) is 36.5 Å². The monoisotopic (exact) mass is 613 g/mol. The lowest BCUT2D eigenvalue weighted by molar-refractivity contribution is -0.140. The number of carbonyl (C=O) groups is 2. The van der Waals surface area contributed by atoms with Crippen molar-refractivity contribution in [1.82, 2.24) is 10.2 Å². The Kier molecular flexibility index (Phi) is 11.1. The molecule has 0 saturated heterocycles. The van der Waals surface area contributed by atoms with E-state index >= 15 is 0 Å². The molecule has 0 spiro atoms. The summed E-state index contributed by atoms with van der Waals surface area (Å²) in [6, 6.07) is 23.2. The third-order valence-electron chi connectivity index (χ3n) is 6.37. The number of anilines is 1. The average Bonchev–Trinajstić information content (AvgIpc) is 2.91. The molecule has 0 saturated carbocycles. The molecule has 1 unspecified atom stereocenters. The van der Waals surface area contributed by atoms with Gasteiger partial charge in [-0.25, -0.2) is 8.42 Å². The Morgan fingerprint density at radius 1 is 0.923 bits per heavy atom. The number of hydrogen-bond donors (Lipinski definition) is 1. The normalized spacial score (nSPS) is 12.0. The molecule has 0 aromatic heterocycles. The Labute approximate surface area is 240 Å². The summed E-state index contributed by atoms with van der Waals surface area (Å²) < 4.78 is 27.6. The number of aryl methyl sites for hydroxylation is 1. The summed E-state index contributed by atoms with van der Waals surface area (Å²) in [6.45, 7) is 4.18. The van der Waals surface area contributed by atoms with Gasteiger partial charge in [0.15, 0.2) is 0 Å². The standard InChI is InChI=1S/C30H36BrN3O4S/c1-4-5-19-32-30(36)28(20-24-9-7-6-8-10-24)33(21-25-13-15-26(31)16-14-25)29(35)22-34(39(3,37)38)27-17-11-23(2)12-18-27/h6-18,28H,4-5,19-22H2,1-3H3,(H,32,36). The summed E-state index contributed by atoms with van der Waals surface area (Å²) in [4.78, 5) is 29.1. The van der Waals surface area contributed by atoms with Gasteiger partial charge in [-0.1, -0.05) is 89.4 Å². The van der Waals surface area contributed by atoms with Crippen molar-refractivity contribution in [2.75, 3.05) is 23.7 Å². The van der Waals surface area contributed by atoms with Crippen molar-refractivity contribution in [1.29, 1.82) is 0 Å². The van der Waals surface area contributed by atoms with Crippen molar-refractivity contribution >= 4 is 43.5 Å². The maximum absolute atomic E-state index is 14.0. The maximum Gasteiger partial charge on any atom is 0.244 e. The van der Waals surface area contributed by atoms with Crippen LogP contribution in [0.15, 0.2) is 83.3 Å². The zero-order chi connectivity index (χ0) is 28.4. The van der Waals surface area contributed by atoms with E-state index in [0.29, 0.717) is 18.7 Å². The molecule has 0 aliphatic heterocycles. The first-order chi connectivity index (χ1) is 18.6. The lowest BCUT2D eigenvalue weighted by atomic mass is 10.0. The van der Waals surface area contributed by atoms with Gasteiger partial charge in [0.05, 0.1) is 11.9 Å². The molecular formula is C30H36BrN3O4S. The summed E-state index contributed by atoms with van der Waals surface area (Å²) in [5.41, 5.74) is 3.10. The van der Waals surface area contributed by atoms with Gasteiger partial charge in [-0.05, 0) is 48.7 Å². The SMILES string of the molecule is CCCCNC(=O)C(Cc1ccccc1)N(Cc1ccc(Br)cc1)C(=O)CN(c1ccc(C)cc1)S(C)(=O)=O. The molecule has 1 N–H and O–H groups in total. The summed E-state index contributed by atoms with van der Waals surface area (Å²) in [7, 11) is -3.78. The number of amides is 2. The number of carbonyl (C=O) groups excluding carboxylic acids is 2. The van der Waals surface area contributed by atoms with Crippen molar-refractivity contribution in [3.05, 3.63) is 100 Å². The molecule has 0 radical (unpaired) electrons. The molecule has 3 aromatic carbocycles. The molecule has 208 valence electrons. The van der Waals surface area contributed by atoms with E-state index in [2.05, 4.69) is 21.2 Å². The topological polar surface area (TPSA) is 86.8 Å². The molecule has 2 amide bonds. The van der Waals surface area contributed by atoms with Gasteiger partial charge >= 0.3 is 0 Å². The second-order valence-electron chi connectivity index (χ2n) is 9.60. The van der Waals surface area contributed by atoms with E-state index in [4.69, 9.17) is 0 Å². The van der Waals surface area contributed by atoms with Crippen molar-refractivity contribution in [3.8, 4) is 0 Å². The number of nitrogens with zero attached hydrogens (tertiary/aromatic N) is 2. The van der Waals surface area contributed by atoms with Crippen LogP contribution in [0.3, 0.4) is 0 Å². The van der Waals surface area contributed by atoms with E-state index in [1.165, 1.54) is 4.90 Å². The van der Waals surface area contributed by atoms with Crippen LogP contribution < -0.4 is 9.62 Å². The van der Waals surface area contributed by atoms with E-state index in [-0.39, 0.29) is 12.5 Å². The highest BCUT2D eigenvalue weighted by molar-refractivity contribution is 9.10. The van der Waals surface area contributed by atoms with Crippen LogP contribution >= 0.6 is 15.9 Å². The van der Waals surface area contributed by atoms with Crippen LogP contribution in [0, 0.1) is 6.92 Å². The smallest absolute Gasteiger partial charge is 0.244 e. The van der Waals surface area contributed by atoms with Crippen LogP contribution in [0.4, 0.5) is 5.69 Å². The second-order valence-corrected chi connectivity index (χ2v) is 12.4. The molecule has 0 aliphatic rings. The van der Waals surface area contributed by atoms with E-state index in [1.54, 1.807) is 24.3 Å². The lowest BCUT2D eigenvalue weighted by Gasteiger charge is -2.33. The van der Waals surface area contributed by atoms with Gasteiger partial charge in [-0.2, -0.15) is 0 Å². The van der Waals surface area contributed by atoms with Gasteiger partial charge in [-0.3, -0.25) is 13.9 Å². The van der Waals surface area contributed by atoms with Gasteiger partial charge in [0, 0.05) is 24.0 Å². The Morgan fingerprint density at radius 2 is 1.56 bits per heavy atom. The van der Waals surface area contributed by atoms with Crippen LogP contribution in [0.2, 0.25) is 0 Å². The Morgan fingerprint density at radius 3 is 2.15 bits per heavy atom. The minimum absolute atomic E-state index is 0.149. The predicted octanol–water partition coefficient (Wildman–Crippen LogP) is 5.08. The first-order valence-corrected chi connectivity index (χ1v) is 15.6. The largest absolute Gasteiger partial charge is 0.354 e. The second kappa shape index (κ2) is 14.3. The van der Waals surface area contributed by atoms with E-state index < -0.39 is 28.5 Å². The molecule has 0 aliphatic carbocycles. The summed E-state index contributed by atoms with van der Waals surface area (Å²) in [6.07, 6.45) is 3.12. The predicted molar refractivity (Wildman–Crippen MR) is 160 cm³/mol. The number of rotatable bonds is 13. The van der Waals surface area contributed by atoms with Crippen LogP contribution in [-0.2, 0) is 32.6 Å². The highest BCUT2D eigenvalue weighted by Gasteiger charge is 2.32. The highest BCUT2D eigenvalue weighted by atomic mass is 79.9. The molecule has 1 atom stereocenters. The molecule has 0 fully saturated rings. The zero-order valence-corrected chi connectivity index (χ0v) is 25.0. The average molecular weight is 615 g/mol. The van der Waals surface area contributed by atoms with Gasteiger partial charge in [0.2, 0.25) is 21.8 Å². The number of halogens is 1. The fraction of sp³-hybridized carbons (Fsp3) is 0.333. The fourth-order valence-electron chi connectivity index (χ4n) is 4.17. The number of benzene rings is 3. The Hall–Kier alpha value is -3.17. The summed E-state index contributed by atoms with van der Waals surface area (Å²) in [5, 5.41) is 2.98. The van der Waals surface area contributed by atoms with Crippen LogP contribution in [-0.4, -0.2) is 50.5 Å². The first kappa shape index (κ1) is 30.4. The van der Waals surface area contributed by atoms with Gasteiger partial charge < -0.3 is 10.2 Å². The molecule has 7 nitrogen and oxygen atoms in total. The maximum atomic E-state index is 14.0. The van der Waals surface area contributed by atoms with Crippen molar-refractivity contribution in [2.24, 2.45) is 0 Å². The fourth-order valence-corrected chi connectivity index (χ4v) is 5.29. The van der Waals surface area contributed by atoms with Gasteiger partial charge in [-0.15, -0.1) is 0 Å². The number of unbranched alkanes of at least 4 members (excludes halogenated alkanes) is 1. The minimum atomic E-state index is -3.78. The number of hydrogen-bond acceptors (Lipinski definition) is 4. The highest BCUT2D eigenvalue weighted by Crippen LogP contribution is 2.21. The lowest BCUT2D eigenvalue weighted by Crippen LogP contribution is -2.53. The zero-order valence-electron chi connectivity index (χ0n) is 22.6. The molecule has 3 rings (SSSR count). The quantitative estimate of drug-likeness (QED) is 0.272. The van der Waals surface area contributed by atoms with Crippen LogP contribution in [0.5, 0.6) is 0 Å². The first-order valence-electron chi connectivity index (χ1n) is 13.0. The molecule has 0 heterocycles. The summed E-state index contributed by atoms with van der Waals surface area (Å²) in [5.74, 6) is -0.727. The Balaban J connectivity index is 2.01. The molecular weight excluding hydrogens is 578 g/mol. The third kappa shape index (κ3) is 9.21. The van der Waals surface area contributed by atoms with Crippen LogP contribution in [0.25, 0.3) is 0 Å². The minimum Gasteiger partial charge on any atom is -0.354 e. The van der Waals surface area contributed by atoms with Crippen molar-refractivity contribution in [3.63, 3.8) is 0 Å². The third-order valence-corrected chi connectivity index (χ3v) is 8.04. The molecule has 9 heteroatoms. The summed E-state index contributed by atoms with van der Waals surface area (Å²) >= 11 is 3.44. The van der Waals surface area contributed by atoms with E-state index in [0.717, 1.165) is 44.6 Å². The van der Waals surface area contributed by atoms with E-state index in [1.807, 2.05) is 68.4 Å². The number of sulfonamides is 1. The molecule has 3 aromatic rings. The van der Waals surface area contributed by atoms with Gasteiger partial charge in [0.1, 0.15) is 12.6 Å². The van der Waals surface area contributed by atoms with Gasteiger partial charge in [0.25, 0.3) is 0 Å². The Bertz CT molecular complexity index is 1330. The van der Waals surface area contributed by atoms with Crippen molar-refractivity contribution < 1.29 is 18.0 Å². The van der Waals surface area contributed by atoms with Crippen molar-refractivity contribution in [2.45, 2.75) is 45.7 Å². The van der Waals surface area contributed by atoms with E-state index in [9.17, 15) is 18.0 Å².